The lowest BCUT2D eigenvalue weighted by Gasteiger charge is -2.24. The van der Waals surface area contributed by atoms with Crippen LogP contribution in [0.2, 0.25) is 0 Å². The summed E-state index contributed by atoms with van der Waals surface area (Å²) in [5, 5.41) is 11.3. The van der Waals surface area contributed by atoms with Gasteiger partial charge >= 0.3 is 0 Å². The van der Waals surface area contributed by atoms with Crippen molar-refractivity contribution in [3.8, 4) is 5.69 Å². The monoisotopic (exact) mass is 380 g/mol. The highest BCUT2D eigenvalue weighted by Crippen LogP contribution is 2.26. The van der Waals surface area contributed by atoms with E-state index in [1.165, 1.54) is 44.2 Å². The molecule has 2 aromatic rings. The Morgan fingerprint density at radius 2 is 2.00 bits per heavy atom. The van der Waals surface area contributed by atoms with E-state index in [0.29, 0.717) is 12.6 Å². The molecule has 2 N–H and O–H groups in total. The smallest absolute Gasteiger partial charge is 0.191 e. The number of hydrogen-bond acceptors (Lipinski definition) is 3. The molecule has 0 spiro atoms. The van der Waals surface area contributed by atoms with Gasteiger partial charge in [0.2, 0.25) is 0 Å². The lowest BCUT2D eigenvalue weighted by molar-refractivity contribution is 0.242. The molecule has 1 unspecified atom stereocenters. The maximum absolute atomic E-state index is 4.82. The third kappa shape index (κ3) is 4.73. The summed E-state index contributed by atoms with van der Waals surface area (Å²) in [6.45, 7) is 6.04. The summed E-state index contributed by atoms with van der Waals surface area (Å²) in [5.41, 5.74) is 2.27. The summed E-state index contributed by atoms with van der Waals surface area (Å²) >= 11 is 0. The third-order valence-electron chi connectivity index (χ3n) is 5.87. The molecule has 1 aliphatic heterocycles. The molecule has 0 bridgehead atoms. The van der Waals surface area contributed by atoms with Crippen molar-refractivity contribution in [1.29, 1.82) is 0 Å². The van der Waals surface area contributed by atoms with Crippen LogP contribution in [0.25, 0.3) is 5.69 Å². The molecule has 1 aromatic heterocycles. The Bertz CT molecular complexity index is 746. The number of aliphatic imine (C=N–C) groups is 1. The number of nitrogens with zero attached hydrogens (tertiary/aromatic N) is 4. The van der Waals surface area contributed by atoms with Crippen LogP contribution >= 0.6 is 0 Å². The minimum absolute atomic E-state index is 0.501. The molecule has 6 nitrogen and oxygen atoms in total. The average Bonchev–Trinajstić information content (AvgIpc) is 3.49. The second kappa shape index (κ2) is 9.24. The molecule has 0 radical (unpaired) electrons. The SMILES string of the molecule is CCNC(=NCc1ccc(-n2cccn2)cc1)NC1CCN(C2CCCC2)C1. The average molecular weight is 381 g/mol. The lowest BCUT2D eigenvalue weighted by atomic mass is 10.2. The minimum Gasteiger partial charge on any atom is -0.357 e. The molecule has 1 aliphatic carbocycles. The Morgan fingerprint density at radius 1 is 1.18 bits per heavy atom. The molecule has 1 aromatic carbocycles. The predicted molar refractivity (Wildman–Crippen MR) is 114 cm³/mol. The summed E-state index contributed by atoms with van der Waals surface area (Å²) in [6.07, 6.45) is 10.5. The highest BCUT2D eigenvalue weighted by molar-refractivity contribution is 5.80. The number of likely N-dealkylation sites (tertiary alicyclic amines) is 1. The van der Waals surface area contributed by atoms with E-state index in [-0.39, 0.29) is 0 Å². The van der Waals surface area contributed by atoms with Gasteiger partial charge in [-0.1, -0.05) is 25.0 Å². The van der Waals surface area contributed by atoms with Gasteiger partial charge in [-0.2, -0.15) is 5.10 Å². The van der Waals surface area contributed by atoms with Gasteiger partial charge < -0.3 is 10.6 Å². The van der Waals surface area contributed by atoms with Crippen LogP contribution in [-0.4, -0.2) is 52.4 Å². The number of guanidine groups is 1. The number of benzene rings is 1. The van der Waals surface area contributed by atoms with Gasteiger partial charge in [0, 0.05) is 44.1 Å². The summed E-state index contributed by atoms with van der Waals surface area (Å²) in [7, 11) is 0. The quantitative estimate of drug-likeness (QED) is 0.598. The molecule has 28 heavy (non-hydrogen) atoms. The Morgan fingerprint density at radius 3 is 2.71 bits per heavy atom. The van der Waals surface area contributed by atoms with Gasteiger partial charge in [0.1, 0.15) is 0 Å². The Labute approximate surface area is 168 Å². The summed E-state index contributed by atoms with van der Waals surface area (Å²) in [4.78, 5) is 7.50. The van der Waals surface area contributed by atoms with Crippen molar-refractivity contribution in [3.05, 3.63) is 48.3 Å². The normalized spacial score (nSPS) is 21.3. The third-order valence-corrected chi connectivity index (χ3v) is 5.87. The van der Waals surface area contributed by atoms with Crippen LogP contribution < -0.4 is 10.6 Å². The van der Waals surface area contributed by atoms with Crippen molar-refractivity contribution in [1.82, 2.24) is 25.3 Å². The Hall–Kier alpha value is -2.34. The molecule has 0 amide bonds. The maximum Gasteiger partial charge on any atom is 0.191 e. The fourth-order valence-corrected chi connectivity index (χ4v) is 4.37. The van der Waals surface area contributed by atoms with Crippen molar-refractivity contribution in [2.24, 2.45) is 4.99 Å². The van der Waals surface area contributed by atoms with Crippen LogP contribution in [0.5, 0.6) is 0 Å². The Kier molecular flexibility index (Phi) is 6.27. The van der Waals surface area contributed by atoms with Gasteiger partial charge in [-0.3, -0.25) is 4.90 Å². The molecular formula is C22H32N6. The topological polar surface area (TPSA) is 57.5 Å². The second-order valence-electron chi connectivity index (χ2n) is 7.88. The highest BCUT2D eigenvalue weighted by Gasteiger charge is 2.30. The van der Waals surface area contributed by atoms with Crippen molar-refractivity contribution >= 4 is 5.96 Å². The van der Waals surface area contributed by atoms with Crippen molar-refractivity contribution < 1.29 is 0 Å². The van der Waals surface area contributed by atoms with Gasteiger partial charge in [-0.15, -0.1) is 0 Å². The molecule has 2 fully saturated rings. The molecule has 6 heteroatoms. The fraction of sp³-hybridized carbons (Fsp3) is 0.545. The van der Waals surface area contributed by atoms with Gasteiger partial charge in [0.05, 0.1) is 12.2 Å². The highest BCUT2D eigenvalue weighted by atomic mass is 15.3. The van der Waals surface area contributed by atoms with Crippen molar-refractivity contribution in [2.45, 2.75) is 57.7 Å². The zero-order chi connectivity index (χ0) is 19.2. The molecule has 150 valence electrons. The van der Waals surface area contributed by atoms with Crippen LogP contribution in [0.15, 0.2) is 47.7 Å². The van der Waals surface area contributed by atoms with Crippen LogP contribution in [-0.2, 0) is 6.54 Å². The van der Waals surface area contributed by atoms with E-state index in [4.69, 9.17) is 4.99 Å². The van der Waals surface area contributed by atoms with E-state index in [0.717, 1.165) is 30.8 Å². The van der Waals surface area contributed by atoms with E-state index < -0.39 is 0 Å². The molecule has 1 saturated heterocycles. The summed E-state index contributed by atoms with van der Waals surface area (Å²) < 4.78 is 1.87. The zero-order valence-electron chi connectivity index (χ0n) is 16.8. The fourth-order valence-electron chi connectivity index (χ4n) is 4.37. The van der Waals surface area contributed by atoms with Crippen molar-refractivity contribution in [2.75, 3.05) is 19.6 Å². The minimum atomic E-state index is 0.501. The van der Waals surface area contributed by atoms with Crippen molar-refractivity contribution in [3.63, 3.8) is 0 Å². The summed E-state index contributed by atoms with van der Waals surface area (Å²) in [5.74, 6) is 0.928. The van der Waals surface area contributed by atoms with Crippen LogP contribution in [0.1, 0.15) is 44.6 Å². The number of hydrogen-bond donors (Lipinski definition) is 2. The van der Waals surface area contributed by atoms with Gasteiger partial charge in [0.25, 0.3) is 0 Å². The van der Waals surface area contributed by atoms with E-state index >= 15 is 0 Å². The molecule has 1 saturated carbocycles. The molecule has 1 atom stereocenters. The first-order valence-corrected chi connectivity index (χ1v) is 10.7. The molecule has 2 aliphatic rings. The molecule has 2 heterocycles. The lowest BCUT2D eigenvalue weighted by Crippen LogP contribution is -2.45. The zero-order valence-corrected chi connectivity index (χ0v) is 16.8. The second-order valence-corrected chi connectivity index (χ2v) is 7.88. The maximum atomic E-state index is 4.82. The number of aromatic nitrogens is 2. The predicted octanol–water partition coefficient (Wildman–Crippen LogP) is 2.94. The number of nitrogens with one attached hydrogen (secondary N) is 2. The largest absolute Gasteiger partial charge is 0.357 e. The Balaban J connectivity index is 1.33. The van der Waals surface area contributed by atoms with Gasteiger partial charge in [0.15, 0.2) is 5.96 Å². The van der Waals surface area contributed by atoms with Crippen LogP contribution in [0.4, 0.5) is 0 Å². The first-order valence-electron chi connectivity index (χ1n) is 10.7. The van der Waals surface area contributed by atoms with Gasteiger partial charge in [-0.25, -0.2) is 9.67 Å². The van der Waals surface area contributed by atoms with E-state index in [1.807, 2.05) is 16.9 Å². The van der Waals surface area contributed by atoms with E-state index in [2.05, 4.69) is 51.8 Å². The first-order chi connectivity index (χ1) is 13.8. The summed E-state index contributed by atoms with van der Waals surface area (Å²) in [6, 6.07) is 11.7. The van der Waals surface area contributed by atoms with E-state index in [1.54, 1.807) is 6.20 Å². The standard InChI is InChI=1S/C22H32N6/c1-2-23-22(26-19-12-15-27(17-19)20-6-3-4-7-20)24-16-18-8-10-21(11-9-18)28-14-5-13-25-28/h5,8-11,13-14,19-20H,2-4,6-7,12,15-17H2,1H3,(H2,23,24,26). The van der Waals surface area contributed by atoms with Crippen LogP contribution in [0, 0.1) is 0 Å². The number of rotatable bonds is 6. The molecule has 4 rings (SSSR count). The van der Waals surface area contributed by atoms with Gasteiger partial charge in [-0.05, 0) is 49.9 Å². The van der Waals surface area contributed by atoms with E-state index in [9.17, 15) is 0 Å². The first kappa shape index (κ1) is 19.0. The van der Waals surface area contributed by atoms with Crippen LogP contribution in [0.3, 0.4) is 0 Å². The molecular weight excluding hydrogens is 348 g/mol.